The van der Waals surface area contributed by atoms with E-state index in [0.29, 0.717) is 39.0 Å². The zero-order valence-electron chi connectivity index (χ0n) is 14.5. The van der Waals surface area contributed by atoms with E-state index in [4.69, 9.17) is 9.15 Å². The Labute approximate surface area is 152 Å². The summed E-state index contributed by atoms with van der Waals surface area (Å²) in [5, 5.41) is 11.0. The Kier molecular flexibility index (Phi) is 6.41. The van der Waals surface area contributed by atoms with E-state index in [-0.39, 0.29) is 5.91 Å². The number of benzene rings is 1. The predicted octanol–water partition coefficient (Wildman–Crippen LogP) is 2.59. The van der Waals surface area contributed by atoms with Crippen molar-refractivity contribution in [3.63, 3.8) is 0 Å². The van der Waals surface area contributed by atoms with E-state index >= 15 is 0 Å². The smallest absolute Gasteiger partial charge is 0.220 e. The van der Waals surface area contributed by atoms with Gasteiger partial charge in [0.25, 0.3) is 0 Å². The fraction of sp³-hybridized carbons (Fsp3) is 0.316. The Morgan fingerprint density at radius 3 is 2.88 bits per heavy atom. The van der Waals surface area contributed by atoms with Crippen LogP contribution in [0.1, 0.15) is 24.3 Å². The van der Waals surface area contributed by atoms with Crippen LogP contribution in [0.4, 0.5) is 0 Å². The quantitative estimate of drug-likeness (QED) is 0.605. The molecular formula is C19H22N4O3. The van der Waals surface area contributed by atoms with Crippen LogP contribution in [0.3, 0.4) is 0 Å². The van der Waals surface area contributed by atoms with Crippen LogP contribution in [-0.4, -0.2) is 27.4 Å². The highest BCUT2D eigenvalue weighted by Crippen LogP contribution is 2.10. The number of rotatable bonds is 10. The molecule has 3 aromatic rings. The van der Waals surface area contributed by atoms with Gasteiger partial charge >= 0.3 is 0 Å². The van der Waals surface area contributed by atoms with E-state index in [1.807, 2.05) is 48.7 Å². The van der Waals surface area contributed by atoms with Crippen molar-refractivity contribution >= 4 is 5.91 Å². The Morgan fingerprint density at radius 1 is 1.19 bits per heavy atom. The molecule has 0 atom stereocenters. The summed E-state index contributed by atoms with van der Waals surface area (Å²) in [5.74, 6) is 1.70. The van der Waals surface area contributed by atoms with Crippen molar-refractivity contribution in [3.05, 3.63) is 66.4 Å². The molecule has 0 saturated carbocycles. The third kappa shape index (κ3) is 5.77. The van der Waals surface area contributed by atoms with Gasteiger partial charge in [-0.05, 0) is 30.7 Å². The molecule has 0 saturated heterocycles. The van der Waals surface area contributed by atoms with Gasteiger partial charge in [0.2, 0.25) is 5.91 Å². The predicted molar refractivity (Wildman–Crippen MR) is 95.5 cm³/mol. The van der Waals surface area contributed by atoms with Crippen LogP contribution in [0.2, 0.25) is 0 Å². The topological polar surface area (TPSA) is 82.2 Å². The molecule has 7 nitrogen and oxygen atoms in total. The van der Waals surface area contributed by atoms with Crippen molar-refractivity contribution < 1.29 is 13.9 Å². The fourth-order valence-corrected chi connectivity index (χ4v) is 2.46. The fourth-order valence-electron chi connectivity index (χ4n) is 2.46. The minimum atomic E-state index is 0.0318. The summed E-state index contributed by atoms with van der Waals surface area (Å²) in [5.41, 5.74) is 0.761. The van der Waals surface area contributed by atoms with Crippen molar-refractivity contribution in [3.8, 4) is 5.75 Å². The zero-order valence-corrected chi connectivity index (χ0v) is 14.5. The van der Waals surface area contributed by atoms with Gasteiger partial charge in [0.1, 0.15) is 23.8 Å². The number of hydrogen-bond donors (Lipinski definition) is 1. The molecular weight excluding hydrogens is 332 g/mol. The first kappa shape index (κ1) is 17.7. The lowest BCUT2D eigenvalue weighted by molar-refractivity contribution is -0.121. The lowest BCUT2D eigenvalue weighted by atomic mass is 10.3. The number of amides is 1. The average molecular weight is 354 g/mol. The lowest BCUT2D eigenvalue weighted by Gasteiger charge is -2.04. The first-order valence-electron chi connectivity index (χ1n) is 8.65. The summed E-state index contributed by atoms with van der Waals surface area (Å²) < 4.78 is 12.6. The maximum Gasteiger partial charge on any atom is 0.220 e. The van der Waals surface area contributed by atoms with E-state index in [9.17, 15) is 4.79 Å². The second-order valence-corrected chi connectivity index (χ2v) is 5.86. The van der Waals surface area contributed by atoms with Crippen molar-refractivity contribution in [1.29, 1.82) is 0 Å². The van der Waals surface area contributed by atoms with Gasteiger partial charge in [0.05, 0.1) is 12.5 Å². The van der Waals surface area contributed by atoms with Gasteiger partial charge in [-0.2, -0.15) is 0 Å². The molecule has 1 N–H and O–H groups in total. The van der Waals surface area contributed by atoms with Gasteiger partial charge in [-0.25, -0.2) is 0 Å². The molecule has 0 unspecified atom stereocenters. The highest BCUT2D eigenvalue weighted by atomic mass is 16.5. The monoisotopic (exact) mass is 354 g/mol. The molecule has 0 bridgehead atoms. The number of nitrogens with zero attached hydrogens (tertiary/aromatic N) is 3. The van der Waals surface area contributed by atoms with Crippen LogP contribution < -0.4 is 10.1 Å². The SMILES string of the molecule is O=C(CCCn1cc(COc2ccccc2)nn1)NCCc1ccco1. The summed E-state index contributed by atoms with van der Waals surface area (Å²) in [6.07, 6.45) is 5.33. The second kappa shape index (κ2) is 9.41. The average Bonchev–Trinajstić information content (AvgIpc) is 3.33. The maximum atomic E-state index is 11.8. The molecule has 3 rings (SSSR count). The Balaban J connectivity index is 1.31. The number of aryl methyl sites for hydroxylation is 1. The molecule has 1 aromatic carbocycles. The van der Waals surface area contributed by atoms with Crippen LogP contribution in [0, 0.1) is 0 Å². The standard InChI is InChI=1S/C19H22N4O3/c24-19(20-11-10-18-8-5-13-25-18)9-4-12-23-14-16(21-22-23)15-26-17-6-2-1-3-7-17/h1-3,5-8,13-14H,4,9-12,15H2,(H,20,24). The third-order valence-corrected chi connectivity index (χ3v) is 3.78. The maximum absolute atomic E-state index is 11.8. The van der Waals surface area contributed by atoms with Gasteiger partial charge in [0, 0.05) is 25.9 Å². The summed E-state index contributed by atoms with van der Waals surface area (Å²) in [6, 6.07) is 13.3. The summed E-state index contributed by atoms with van der Waals surface area (Å²) >= 11 is 0. The van der Waals surface area contributed by atoms with E-state index in [0.717, 1.165) is 17.2 Å². The van der Waals surface area contributed by atoms with Gasteiger partial charge in [-0.1, -0.05) is 23.4 Å². The van der Waals surface area contributed by atoms with Gasteiger partial charge in [-0.15, -0.1) is 5.10 Å². The molecule has 0 radical (unpaired) electrons. The Bertz CT molecular complexity index is 784. The second-order valence-electron chi connectivity index (χ2n) is 5.86. The first-order valence-corrected chi connectivity index (χ1v) is 8.65. The van der Waals surface area contributed by atoms with Crippen molar-refractivity contribution in [2.24, 2.45) is 0 Å². The van der Waals surface area contributed by atoms with Crippen molar-refractivity contribution in [2.75, 3.05) is 6.54 Å². The molecule has 0 aliphatic rings. The molecule has 26 heavy (non-hydrogen) atoms. The van der Waals surface area contributed by atoms with E-state index in [1.54, 1.807) is 10.9 Å². The first-order chi connectivity index (χ1) is 12.8. The zero-order chi connectivity index (χ0) is 18.0. The number of hydrogen-bond acceptors (Lipinski definition) is 5. The van der Waals surface area contributed by atoms with Crippen LogP contribution in [0.15, 0.2) is 59.3 Å². The minimum absolute atomic E-state index is 0.0318. The molecule has 0 aliphatic carbocycles. The molecule has 136 valence electrons. The normalized spacial score (nSPS) is 10.6. The minimum Gasteiger partial charge on any atom is -0.487 e. The number of nitrogens with one attached hydrogen (secondary N) is 1. The van der Waals surface area contributed by atoms with E-state index < -0.39 is 0 Å². The van der Waals surface area contributed by atoms with E-state index in [2.05, 4.69) is 15.6 Å². The Hall–Kier alpha value is -3.09. The van der Waals surface area contributed by atoms with Crippen LogP contribution >= 0.6 is 0 Å². The largest absolute Gasteiger partial charge is 0.487 e. The molecule has 0 fully saturated rings. The van der Waals surface area contributed by atoms with Crippen LogP contribution in [-0.2, 0) is 24.4 Å². The molecule has 1 amide bonds. The molecule has 0 aliphatic heterocycles. The summed E-state index contributed by atoms with van der Waals surface area (Å²) in [6.45, 7) is 1.60. The summed E-state index contributed by atoms with van der Waals surface area (Å²) in [7, 11) is 0. The van der Waals surface area contributed by atoms with Gasteiger partial charge < -0.3 is 14.5 Å². The van der Waals surface area contributed by atoms with Crippen LogP contribution in [0.5, 0.6) is 5.75 Å². The number of ether oxygens (including phenoxy) is 1. The highest BCUT2D eigenvalue weighted by molar-refractivity contribution is 5.75. The summed E-state index contributed by atoms with van der Waals surface area (Å²) in [4.78, 5) is 11.8. The van der Waals surface area contributed by atoms with Crippen molar-refractivity contribution in [1.82, 2.24) is 20.3 Å². The van der Waals surface area contributed by atoms with Crippen LogP contribution in [0.25, 0.3) is 0 Å². The molecule has 2 aromatic heterocycles. The molecule has 2 heterocycles. The highest BCUT2D eigenvalue weighted by Gasteiger charge is 2.05. The van der Waals surface area contributed by atoms with Gasteiger partial charge in [-0.3, -0.25) is 9.48 Å². The van der Waals surface area contributed by atoms with E-state index in [1.165, 1.54) is 0 Å². The van der Waals surface area contributed by atoms with Gasteiger partial charge in [0.15, 0.2) is 0 Å². The number of aromatic nitrogens is 3. The van der Waals surface area contributed by atoms with Crippen molar-refractivity contribution in [2.45, 2.75) is 32.4 Å². The number of furan rings is 1. The number of carbonyl (C=O) groups is 1. The Morgan fingerprint density at radius 2 is 2.08 bits per heavy atom. The lowest BCUT2D eigenvalue weighted by Crippen LogP contribution is -2.25. The molecule has 0 spiro atoms. The number of para-hydroxylation sites is 1. The number of carbonyl (C=O) groups excluding carboxylic acids is 1. The molecule has 7 heteroatoms. The third-order valence-electron chi connectivity index (χ3n) is 3.78.